The van der Waals surface area contributed by atoms with Crippen molar-refractivity contribution in [2.24, 2.45) is 0 Å². The van der Waals surface area contributed by atoms with Crippen LogP contribution in [0.1, 0.15) is 20.8 Å². The zero-order chi connectivity index (χ0) is 19.5. The number of fused-ring (bicyclic) bond motifs is 1. The van der Waals surface area contributed by atoms with E-state index in [0.29, 0.717) is 40.3 Å². The van der Waals surface area contributed by atoms with Crippen molar-refractivity contribution >= 4 is 34.7 Å². The van der Waals surface area contributed by atoms with Gasteiger partial charge in [-0.1, -0.05) is 23.7 Å². The number of benzene rings is 2. The number of esters is 1. The molecule has 0 saturated heterocycles. The third-order valence-electron chi connectivity index (χ3n) is 3.98. The molecule has 0 N–H and O–H groups in total. The second-order valence-corrected chi connectivity index (χ2v) is 7.20. The van der Waals surface area contributed by atoms with E-state index in [4.69, 9.17) is 25.8 Å². The van der Waals surface area contributed by atoms with Crippen LogP contribution in [-0.2, 0) is 4.74 Å². The lowest BCUT2D eigenvalue weighted by Crippen LogP contribution is -2.17. The number of carbonyl (C=O) groups is 2. The molecule has 0 radical (unpaired) electrons. The Morgan fingerprint density at radius 1 is 1.11 bits per heavy atom. The number of ketones is 1. The van der Waals surface area contributed by atoms with Crippen LogP contribution in [0, 0.1) is 0 Å². The third kappa shape index (κ3) is 4.00. The molecule has 28 heavy (non-hydrogen) atoms. The number of Topliss-reactive ketones (excluding diaryl/α,β-unsaturated/α-hetero) is 1. The number of halogens is 1. The maximum Gasteiger partial charge on any atom is 0.358 e. The van der Waals surface area contributed by atoms with E-state index in [1.54, 1.807) is 35.7 Å². The van der Waals surface area contributed by atoms with Gasteiger partial charge in [0.2, 0.25) is 0 Å². The first kappa shape index (κ1) is 18.5. The van der Waals surface area contributed by atoms with Crippen LogP contribution >= 0.6 is 22.9 Å². The Kier molecular flexibility index (Phi) is 5.27. The molecular weight excluding hydrogens is 402 g/mol. The van der Waals surface area contributed by atoms with Crippen molar-refractivity contribution in [1.82, 2.24) is 4.98 Å². The molecule has 0 spiro atoms. The summed E-state index contributed by atoms with van der Waals surface area (Å²) in [5.74, 6) is 0.107. The molecule has 0 unspecified atom stereocenters. The maximum absolute atomic E-state index is 12.3. The fourth-order valence-electron chi connectivity index (χ4n) is 2.63. The lowest BCUT2D eigenvalue weighted by molar-refractivity contribution is 0.0469. The van der Waals surface area contributed by atoms with Crippen LogP contribution in [0.2, 0.25) is 5.02 Å². The van der Waals surface area contributed by atoms with Crippen LogP contribution in [0.3, 0.4) is 0 Å². The number of hydrogen-bond donors (Lipinski definition) is 0. The smallest absolute Gasteiger partial charge is 0.358 e. The molecule has 142 valence electrons. The minimum atomic E-state index is -0.657. The second-order valence-electron chi connectivity index (χ2n) is 5.91. The van der Waals surface area contributed by atoms with Gasteiger partial charge in [0, 0.05) is 21.5 Å². The predicted molar refractivity (Wildman–Crippen MR) is 105 cm³/mol. The molecule has 0 amide bonds. The number of carbonyl (C=O) groups excluding carboxylic acids is 2. The molecule has 0 bridgehead atoms. The quantitative estimate of drug-likeness (QED) is 0.457. The van der Waals surface area contributed by atoms with Gasteiger partial charge >= 0.3 is 5.97 Å². The summed E-state index contributed by atoms with van der Waals surface area (Å²) in [6, 6.07) is 12.1. The number of rotatable bonds is 5. The number of thiazole rings is 1. The number of ether oxygens (including phenoxy) is 3. The number of aromatic nitrogens is 1. The lowest BCUT2D eigenvalue weighted by atomic mass is 10.1. The van der Waals surface area contributed by atoms with Crippen molar-refractivity contribution in [2.45, 2.75) is 0 Å². The van der Waals surface area contributed by atoms with E-state index in [-0.39, 0.29) is 18.1 Å². The average Bonchev–Trinajstić information content (AvgIpc) is 3.22. The predicted octanol–water partition coefficient (Wildman–Crippen LogP) is 4.27. The Morgan fingerprint density at radius 2 is 1.93 bits per heavy atom. The van der Waals surface area contributed by atoms with Gasteiger partial charge in [-0.2, -0.15) is 0 Å². The van der Waals surface area contributed by atoms with Gasteiger partial charge < -0.3 is 14.2 Å². The van der Waals surface area contributed by atoms with Crippen molar-refractivity contribution in [1.29, 1.82) is 0 Å². The first-order chi connectivity index (χ1) is 13.6. The second kappa shape index (κ2) is 8.00. The van der Waals surface area contributed by atoms with Gasteiger partial charge in [-0.25, -0.2) is 9.78 Å². The summed E-state index contributed by atoms with van der Waals surface area (Å²) in [5, 5.41) is 2.82. The fourth-order valence-corrected chi connectivity index (χ4v) is 3.60. The first-order valence-corrected chi connectivity index (χ1v) is 9.67. The molecule has 3 aromatic rings. The minimum absolute atomic E-state index is 0.148. The number of nitrogens with zero attached hydrogens (tertiary/aromatic N) is 1. The summed E-state index contributed by atoms with van der Waals surface area (Å²) >= 11 is 7.28. The zero-order valence-corrected chi connectivity index (χ0v) is 16.1. The van der Waals surface area contributed by atoms with Gasteiger partial charge in [0.15, 0.2) is 29.6 Å². The van der Waals surface area contributed by atoms with Gasteiger partial charge in [0.1, 0.15) is 18.2 Å². The SMILES string of the molecule is O=C(COC(=O)c1csc(-c2cccc(Cl)c2)n1)c1ccc2c(c1)OCCO2. The van der Waals surface area contributed by atoms with Gasteiger partial charge in [0.25, 0.3) is 0 Å². The molecule has 8 heteroatoms. The lowest BCUT2D eigenvalue weighted by Gasteiger charge is -2.18. The third-order valence-corrected chi connectivity index (χ3v) is 5.11. The van der Waals surface area contributed by atoms with E-state index in [9.17, 15) is 9.59 Å². The molecule has 2 aromatic carbocycles. The van der Waals surface area contributed by atoms with Crippen molar-refractivity contribution in [3.63, 3.8) is 0 Å². The molecule has 1 aliphatic rings. The Balaban J connectivity index is 1.40. The Labute approximate surface area is 169 Å². The molecule has 1 aliphatic heterocycles. The highest BCUT2D eigenvalue weighted by Crippen LogP contribution is 2.31. The normalized spacial score (nSPS) is 12.5. The van der Waals surface area contributed by atoms with Crippen LogP contribution in [0.15, 0.2) is 47.8 Å². The van der Waals surface area contributed by atoms with Crippen molar-refractivity contribution in [3.8, 4) is 22.1 Å². The molecule has 2 heterocycles. The molecule has 0 atom stereocenters. The monoisotopic (exact) mass is 415 g/mol. The van der Waals surface area contributed by atoms with Crippen molar-refractivity contribution in [3.05, 3.63) is 64.1 Å². The standard InChI is InChI=1S/C20H14ClNO5S/c21-14-3-1-2-13(8-14)19-22-15(11-28-19)20(24)27-10-16(23)12-4-5-17-18(9-12)26-7-6-25-17/h1-5,8-9,11H,6-7,10H2. The molecule has 6 nitrogen and oxygen atoms in total. The van der Waals surface area contributed by atoms with Crippen LogP contribution in [0.25, 0.3) is 10.6 Å². The topological polar surface area (TPSA) is 74.7 Å². The summed E-state index contributed by atoms with van der Waals surface area (Å²) in [5.41, 5.74) is 1.34. The molecule has 1 aromatic heterocycles. The summed E-state index contributed by atoms with van der Waals surface area (Å²) < 4.78 is 16.0. The fraction of sp³-hybridized carbons (Fsp3) is 0.150. The molecule has 0 saturated carbocycles. The van der Waals surface area contributed by atoms with Crippen LogP contribution in [0.4, 0.5) is 0 Å². The van der Waals surface area contributed by atoms with Gasteiger partial charge in [-0.05, 0) is 30.3 Å². The van der Waals surface area contributed by atoms with Gasteiger partial charge in [-0.15, -0.1) is 11.3 Å². The Bertz CT molecular complexity index is 1050. The van der Waals surface area contributed by atoms with E-state index in [2.05, 4.69) is 4.98 Å². The van der Waals surface area contributed by atoms with E-state index in [1.165, 1.54) is 11.3 Å². The van der Waals surface area contributed by atoms with E-state index in [1.807, 2.05) is 12.1 Å². The highest BCUT2D eigenvalue weighted by Gasteiger charge is 2.18. The largest absolute Gasteiger partial charge is 0.486 e. The van der Waals surface area contributed by atoms with E-state index in [0.717, 1.165) is 5.56 Å². The van der Waals surface area contributed by atoms with Gasteiger partial charge in [-0.3, -0.25) is 4.79 Å². The maximum atomic E-state index is 12.3. The Hall–Kier alpha value is -2.90. The first-order valence-electron chi connectivity index (χ1n) is 8.41. The van der Waals surface area contributed by atoms with Crippen molar-refractivity contribution in [2.75, 3.05) is 19.8 Å². The summed E-state index contributed by atoms with van der Waals surface area (Å²) in [7, 11) is 0. The molecular formula is C20H14ClNO5S. The molecule has 0 fully saturated rings. The summed E-state index contributed by atoms with van der Waals surface area (Å²) in [4.78, 5) is 28.8. The molecule has 4 rings (SSSR count). The van der Waals surface area contributed by atoms with Crippen molar-refractivity contribution < 1.29 is 23.8 Å². The highest BCUT2D eigenvalue weighted by atomic mass is 35.5. The minimum Gasteiger partial charge on any atom is -0.486 e. The van der Waals surface area contributed by atoms with E-state index >= 15 is 0 Å². The summed E-state index contributed by atoms with van der Waals surface area (Å²) in [6.07, 6.45) is 0. The summed E-state index contributed by atoms with van der Waals surface area (Å²) in [6.45, 7) is 0.517. The van der Waals surface area contributed by atoms with E-state index < -0.39 is 5.97 Å². The highest BCUT2D eigenvalue weighted by molar-refractivity contribution is 7.13. The van der Waals surface area contributed by atoms with Crippen LogP contribution in [0.5, 0.6) is 11.5 Å². The van der Waals surface area contributed by atoms with Crippen LogP contribution in [-0.4, -0.2) is 36.6 Å². The van der Waals surface area contributed by atoms with Crippen LogP contribution < -0.4 is 9.47 Å². The van der Waals surface area contributed by atoms with Gasteiger partial charge in [0.05, 0.1) is 0 Å². The number of hydrogen-bond acceptors (Lipinski definition) is 7. The zero-order valence-electron chi connectivity index (χ0n) is 14.5. The Morgan fingerprint density at radius 3 is 2.75 bits per heavy atom. The average molecular weight is 416 g/mol. The molecule has 0 aliphatic carbocycles.